The first kappa shape index (κ1) is 26.5. The average Bonchev–Trinajstić information content (AvgIpc) is 3.60. The van der Waals surface area contributed by atoms with Gasteiger partial charge in [0.25, 0.3) is 0 Å². The van der Waals surface area contributed by atoms with E-state index in [0.717, 1.165) is 68.3 Å². The van der Waals surface area contributed by atoms with Crippen molar-refractivity contribution in [3.8, 4) is 28.4 Å². The number of ether oxygens (including phenoxy) is 3. The molecule has 5 aromatic carbocycles. The number of halogens is 1. The Morgan fingerprint density at radius 2 is 1.50 bits per heavy atom. The van der Waals surface area contributed by atoms with Gasteiger partial charge in [-0.25, -0.2) is 0 Å². The Bertz CT molecular complexity index is 1780. The zero-order valence-corrected chi connectivity index (χ0v) is 25.2. The monoisotopic (exact) mass is 616 g/mol. The van der Waals surface area contributed by atoms with Crippen LogP contribution in [-0.2, 0) is 5.60 Å². The second kappa shape index (κ2) is 10.8. The topological polar surface area (TPSA) is 30.9 Å². The Morgan fingerprint density at radius 3 is 2.17 bits per heavy atom. The zero-order valence-electron chi connectivity index (χ0n) is 23.6. The third-order valence-corrected chi connectivity index (χ3v) is 8.90. The van der Waals surface area contributed by atoms with Gasteiger partial charge in [-0.3, -0.25) is 0 Å². The first-order valence-corrected chi connectivity index (χ1v) is 15.0. The fraction of sp³-hybridized carbons (Fsp3) is 0.162. The van der Waals surface area contributed by atoms with Crippen LogP contribution in [0.5, 0.6) is 17.2 Å². The predicted molar refractivity (Wildman–Crippen MR) is 175 cm³/mol. The van der Waals surface area contributed by atoms with E-state index in [0.29, 0.717) is 11.5 Å². The van der Waals surface area contributed by atoms with E-state index in [-0.39, 0.29) is 0 Å². The van der Waals surface area contributed by atoms with Crippen molar-refractivity contribution < 1.29 is 14.2 Å². The molecule has 2 heterocycles. The van der Waals surface area contributed by atoms with Crippen molar-refractivity contribution in [2.75, 3.05) is 32.2 Å². The van der Waals surface area contributed by atoms with Crippen LogP contribution in [0.4, 0.5) is 5.69 Å². The van der Waals surface area contributed by atoms with E-state index in [9.17, 15) is 0 Å². The van der Waals surface area contributed by atoms with Gasteiger partial charge in [0.1, 0.15) is 12.2 Å². The standard InChI is InChI=1S/C37H31BrNO3/c1-40-35-23-32-30-18-19-37(26-8-4-3-5-9-26,27-12-16-29(17-13-27)39-20-6-7-21-39)42-34(30)22-31(33(32)24-36(35)41-2)25-10-14-28(38)15-11-25/h3-6,8-19,22-24H,7,20-21H2,1-2H3/q+1. The van der Waals surface area contributed by atoms with E-state index in [1.54, 1.807) is 14.2 Å². The van der Waals surface area contributed by atoms with E-state index in [1.165, 1.54) is 5.69 Å². The molecule has 4 nitrogen and oxygen atoms in total. The van der Waals surface area contributed by atoms with Crippen molar-refractivity contribution >= 4 is 38.5 Å². The van der Waals surface area contributed by atoms with Gasteiger partial charge in [-0.2, -0.15) is 0 Å². The fourth-order valence-corrected chi connectivity index (χ4v) is 6.44. The molecule has 7 rings (SSSR count). The summed E-state index contributed by atoms with van der Waals surface area (Å²) < 4.78 is 19.7. The van der Waals surface area contributed by atoms with Gasteiger partial charge in [0.15, 0.2) is 23.6 Å². The smallest absolute Gasteiger partial charge is 0.178 e. The van der Waals surface area contributed by atoms with Gasteiger partial charge in [-0.15, -0.1) is 0 Å². The summed E-state index contributed by atoms with van der Waals surface area (Å²) in [5.74, 6) is 2.19. The third kappa shape index (κ3) is 4.49. The first-order valence-electron chi connectivity index (χ1n) is 14.2. The second-order valence-electron chi connectivity index (χ2n) is 10.7. The molecule has 1 fully saturated rings. The van der Waals surface area contributed by atoms with E-state index in [4.69, 9.17) is 14.2 Å². The predicted octanol–water partition coefficient (Wildman–Crippen LogP) is 9.05. The number of hydrogen-bond acceptors (Lipinski definition) is 4. The van der Waals surface area contributed by atoms with Crippen LogP contribution in [0.2, 0.25) is 0 Å². The molecule has 1 saturated heterocycles. The lowest BCUT2D eigenvalue weighted by Crippen LogP contribution is -2.34. The van der Waals surface area contributed by atoms with Crippen LogP contribution in [0, 0.1) is 6.42 Å². The quantitative estimate of drug-likeness (QED) is 0.178. The van der Waals surface area contributed by atoms with Gasteiger partial charge in [0.2, 0.25) is 0 Å². The average molecular weight is 618 g/mol. The summed E-state index contributed by atoms with van der Waals surface area (Å²) in [6, 6.07) is 34.0. The SMILES string of the molecule is COc1cc2c(-c3ccc(Br)cc3)cc3c(c2cc1OC)C=CC(c1ccccc1)(c1ccc(N2C[CH+]CC2)cc1)O3. The number of anilines is 1. The van der Waals surface area contributed by atoms with Crippen molar-refractivity contribution in [2.45, 2.75) is 12.0 Å². The molecule has 5 aromatic rings. The summed E-state index contributed by atoms with van der Waals surface area (Å²) in [7, 11) is 3.34. The van der Waals surface area contributed by atoms with E-state index >= 15 is 0 Å². The van der Waals surface area contributed by atoms with E-state index in [2.05, 4.69) is 130 Å². The number of nitrogens with zero attached hydrogens (tertiary/aromatic N) is 1. The molecule has 0 aliphatic carbocycles. The maximum Gasteiger partial charge on any atom is 0.178 e. The van der Waals surface area contributed by atoms with E-state index in [1.807, 2.05) is 6.07 Å². The summed E-state index contributed by atoms with van der Waals surface area (Å²) in [6.07, 6.45) is 7.86. The first-order chi connectivity index (χ1) is 20.6. The van der Waals surface area contributed by atoms with Crippen LogP contribution < -0.4 is 19.1 Å². The fourth-order valence-electron chi connectivity index (χ4n) is 6.18. The van der Waals surface area contributed by atoms with Crippen molar-refractivity contribution in [3.63, 3.8) is 0 Å². The molecule has 5 heteroatoms. The van der Waals surface area contributed by atoms with Crippen molar-refractivity contribution in [1.82, 2.24) is 0 Å². The molecular formula is C37H31BrNO3+. The van der Waals surface area contributed by atoms with Gasteiger partial charge in [-0.1, -0.05) is 70.5 Å². The van der Waals surface area contributed by atoms with Crippen LogP contribution in [-0.4, -0.2) is 27.3 Å². The third-order valence-electron chi connectivity index (χ3n) is 8.37. The Morgan fingerprint density at radius 1 is 0.810 bits per heavy atom. The number of methoxy groups -OCH3 is 2. The molecule has 2 aliphatic heterocycles. The molecule has 0 bridgehead atoms. The Balaban J connectivity index is 1.43. The molecule has 2 aliphatic rings. The van der Waals surface area contributed by atoms with Crippen LogP contribution in [0.3, 0.4) is 0 Å². The Kier molecular flexibility index (Phi) is 6.83. The van der Waals surface area contributed by atoms with Crippen LogP contribution in [0.15, 0.2) is 108 Å². The highest BCUT2D eigenvalue weighted by atomic mass is 79.9. The summed E-state index contributed by atoms with van der Waals surface area (Å²) in [5.41, 5.74) is 5.78. The van der Waals surface area contributed by atoms with Gasteiger partial charge in [-0.05, 0) is 76.5 Å². The molecular weight excluding hydrogens is 586 g/mol. The Hall–Kier alpha value is -4.35. The highest BCUT2D eigenvalue weighted by Gasteiger charge is 2.38. The molecule has 0 radical (unpaired) electrons. The number of rotatable bonds is 6. The summed E-state index contributed by atoms with van der Waals surface area (Å²) in [6.45, 7) is 2.06. The molecule has 0 amide bonds. The maximum absolute atomic E-state index is 7.19. The highest BCUT2D eigenvalue weighted by Crippen LogP contribution is 2.49. The van der Waals surface area contributed by atoms with Gasteiger partial charge >= 0.3 is 0 Å². The second-order valence-corrected chi connectivity index (χ2v) is 11.6. The van der Waals surface area contributed by atoms with Gasteiger partial charge in [0, 0.05) is 26.9 Å². The molecule has 0 N–H and O–H groups in total. The van der Waals surface area contributed by atoms with Gasteiger partial charge in [0.05, 0.1) is 27.2 Å². The molecule has 0 aromatic heterocycles. The summed E-state index contributed by atoms with van der Waals surface area (Å²) in [5, 5.41) is 2.11. The summed E-state index contributed by atoms with van der Waals surface area (Å²) in [4.78, 5) is 2.41. The zero-order chi connectivity index (χ0) is 28.7. The number of benzene rings is 5. The lowest BCUT2D eigenvalue weighted by molar-refractivity contribution is 0.161. The maximum atomic E-state index is 7.19. The number of fused-ring (bicyclic) bond motifs is 3. The molecule has 1 unspecified atom stereocenters. The van der Waals surface area contributed by atoms with Crippen molar-refractivity contribution in [2.24, 2.45) is 0 Å². The highest BCUT2D eigenvalue weighted by molar-refractivity contribution is 9.10. The molecule has 0 spiro atoms. The minimum absolute atomic E-state index is 0.684. The minimum Gasteiger partial charge on any atom is -0.493 e. The van der Waals surface area contributed by atoms with Crippen LogP contribution >= 0.6 is 15.9 Å². The van der Waals surface area contributed by atoms with Gasteiger partial charge < -0.3 is 19.1 Å². The summed E-state index contributed by atoms with van der Waals surface area (Å²) >= 11 is 3.59. The molecule has 0 saturated carbocycles. The van der Waals surface area contributed by atoms with Crippen molar-refractivity contribution in [3.05, 3.63) is 131 Å². The minimum atomic E-state index is -0.787. The van der Waals surface area contributed by atoms with E-state index < -0.39 is 5.60 Å². The normalized spacial score (nSPS) is 17.5. The molecule has 208 valence electrons. The van der Waals surface area contributed by atoms with Crippen LogP contribution in [0.1, 0.15) is 23.1 Å². The number of hydrogen-bond donors (Lipinski definition) is 0. The lowest BCUT2D eigenvalue weighted by Gasteiger charge is -2.37. The largest absolute Gasteiger partial charge is 0.493 e. The Labute approximate surface area is 255 Å². The van der Waals surface area contributed by atoms with Crippen LogP contribution in [0.25, 0.3) is 28.0 Å². The molecule has 42 heavy (non-hydrogen) atoms. The molecule has 1 atom stereocenters. The lowest BCUT2D eigenvalue weighted by atomic mass is 9.82. The van der Waals surface area contributed by atoms with Crippen molar-refractivity contribution in [1.29, 1.82) is 0 Å².